The van der Waals surface area contributed by atoms with E-state index in [4.69, 9.17) is 18.9 Å². The lowest BCUT2D eigenvalue weighted by Gasteiger charge is -2.39. The highest BCUT2D eigenvalue weighted by Gasteiger charge is 2.45. The molecule has 1 saturated heterocycles. The zero-order valence-electron chi connectivity index (χ0n) is 16.8. The topological polar surface area (TPSA) is 175 Å². The fourth-order valence-corrected chi connectivity index (χ4v) is 3.61. The third-order valence-electron chi connectivity index (χ3n) is 5.40. The summed E-state index contributed by atoms with van der Waals surface area (Å²) in [6, 6.07) is 6.61. The average Bonchev–Trinajstić information content (AvgIpc) is 2.77. The van der Waals surface area contributed by atoms with Gasteiger partial charge in [-0.25, -0.2) is 0 Å². The van der Waals surface area contributed by atoms with Crippen molar-refractivity contribution in [2.45, 2.75) is 43.4 Å². The number of phenols is 3. The quantitative estimate of drug-likeness (QED) is 0.353. The van der Waals surface area contributed by atoms with Gasteiger partial charge in [-0.15, -0.1) is 0 Å². The molecule has 6 atom stereocenters. The van der Waals surface area contributed by atoms with E-state index >= 15 is 0 Å². The van der Waals surface area contributed by atoms with Gasteiger partial charge in [0.05, 0.1) is 12.0 Å². The van der Waals surface area contributed by atoms with Crippen molar-refractivity contribution in [3.8, 4) is 28.7 Å². The molecule has 0 radical (unpaired) electrons. The first kappa shape index (κ1) is 22.1. The van der Waals surface area contributed by atoms with Crippen LogP contribution in [-0.2, 0) is 9.47 Å². The van der Waals surface area contributed by atoms with Gasteiger partial charge < -0.3 is 49.6 Å². The van der Waals surface area contributed by atoms with Crippen LogP contribution in [0.15, 0.2) is 30.3 Å². The van der Waals surface area contributed by atoms with Crippen molar-refractivity contribution in [2.75, 3.05) is 7.11 Å². The van der Waals surface area contributed by atoms with Gasteiger partial charge >= 0.3 is 0 Å². The number of phenolic OH excluding ortho intramolecular Hbond substituents is 3. The molecule has 0 amide bonds. The Balaban J connectivity index is 1.61. The molecule has 6 N–H and O–H groups in total. The summed E-state index contributed by atoms with van der Waals surface area (Å²) in [6.07, 6.45) is -8.54. The molecule has 0 saturated carbocycles. The smallest absolute Gasteiger partial charge is 0.231 e. The molecule has 0 unspecified atom stereocenters. The Labute approximate surface area is 181 Å². The number of aromatic hydroxyl groups is 3. The van der Waals surface area contributed by atoms with E-state index in [1.54, 1.807) is 0 Å². The molecule has 0 spiro atoms. The number of methoxy groups -OCH3 is 1. The molecule has 2 aliphatic rings. The van der Waals surface area contributed by atoms with E-state index in [-0.39, 0.29) is 40.8 Å². The lowest BCUT2D eigenvalue weighted by Crippen LogP contribution is -2.59. The van der Waals surface area contributed by atoms with Gasteiger partial charge in [-0.1, -0.05) is 6.07 Å². The van der Waals surface area contributed by atoms with Gasteiger partial charge in [-0.05, 0) is 29.8 Å². The molecule has 0 aromatic heterocycles. The summed E-state index contributed by atoms with van der Waals surface area (Å²) in [4.78, 5) is 12.6. The predicted molar refractivity (Wildman–Crippen MR) is 105 cm³/mol. The summed E-state index contributed by atoms with van der Waals surface area (Å²) in [7, 11) is 1.23. The van der Waals surface area contributed by atoms with E-state index in [9.17, 15) is 35.4 Å². The number of benzene rings is 2. The van der Waals surface area contributed by atoms with Crippen LogP contribution in [0.4, 0.5) is 0 Å². The highest BCUT2D eigenvalue weighted by atomic mass is 16.8. The largest absolute Gasteiger partial charge is 0.504 e. The van der Waals surface area contributed by atoms with Gasteiger partial charge in [0.1, 0.15) is 24.4 Å². The number of aliphatic hydroxyl groups is 3. The van der Waals surface area contributed by atoms with Gasteiger partial charge in [0.2, 0.25) is 12.0 Å². The van der Waals surface area contributed by atoms with Crippen LogP contribution in [0.2, 0.25) is 0 Å². The lowest BCUT2D eigenvalue weighted by atomic mass is 9.95. The molecule has 0 aliphatic carbocycles. The van der Waals surface area contributed by atoms with E-state index < -0.39 is 42.7 Å². The van der Waals surface area contributed by atoms with E-state index in [1.165, 1.54) is 37.4 Å². The summed E-state index contributed by atoms with van der Waals surface area (Å²) >= 11 is 0. The molecule has 11 heteroatoms. The minimum absolute atomic E-state index is 0.0685. The number of carbonyl (C=O) groups is 1. The maximum absolute atomic E-state index is 12.6. The normalized spacial score (nSPS) is 29.8. The Hall–Kier alpha value is -3.09. The zero-order chi connectivity index (χ0) is 23.2. The van der Waals surface area contributed by atoms with E-state index in [0.29, 0.717) is 5.56 Å². The molecule has 4 rings (SSSR count). The van der Waals surface area contributed by atoms with E-state index in [2.05, 4.69) is 0 Å². The maximum Gasteiger partial charge on any atom is 0.231 e. The minimum Gasteiger partial charge on any atom is -0.504 e. The minimum atomic E-state index is -1.66. The van der Waals surface area contributed by atoms with Crippen molar-refractivity contribution in [2.24, 2.45) is 0 Å². The molecule has 2 aromatic rings. The first-order valence-corrected chi connectivity index (χ1v) is 9.68. The third kappa shape index (κ3) is 3.80. The highest BCUT2D eigenvalue weighted by molar-refractivity contribution is 6.01. The SMILES string of the molecule is CO[C@H]1O[C@@H](Oc2ccc3c(c2O)O[C@H](c2ccc(O)c(O)c2)CC3=O)[C@H](O)[C@@H](O)[C@@H]1O. The second kappa shape index (κ2) is 8.45. The number of ketones is 1. The van der Waals surface area contributed by atoms with Crippen molar-refractivity contribution in [1.29, 1.82) is 0 Å². The molecule has 11 nitrogen and oxygen atoms in total. The Morgan fingerprint density at radius 2 is 1.66 bits per heavy atom. The number of hydrogen-bond donors (Lipinski definition) is 6. The first-order chi connectivity index (χ1) is 15.2. The molecule has 0 bridgehead atoms. The number of Topliss-reactive ketones (excluding diaryl/α,β-unsaturated/α-hetero) is 1. The first-order valence-electron chi connectivity index (χ1n) is 9.68. The fraction of sp³-hybridized carbons (Fsp3) is 0.381. The van der Waals surface area contributed by atoms with Crippen LogP contribution < -0.4 is 9.47 Å². The highest BCUT2D eigenvalue weighted by Crippen LogP contribution is 2.46. The van der Waals surface area contributed by atoms with Crippen LogP contribution in [-0.4, -0.2) is 74.4 Å². The molecule has 2 heterocycles. The molecular formula is C21H22O11. The number of hydrogen-bond acceptors (Lipinski definition) is 11. The number of carbonyl (C=O) groups excluding carboxylic acids is 1. The second-order valence-corrected chi connectivity index (χ2v) is 7.47. The molecule has 2 aromatic carbocycles. The summed E-state index contributed by atoms with van der Waals surface area (Å²) in [6.45, 7) is 0. The van der Waals surface area contributed by atoms with Crippen LogP contribution in [0, 0.1) is 0 Å². The summed E-state index contributed by atoms with van der Waals surface area (Å²) < 4.78 is 21.5. The lowest BCUT2D eigenvalue weighted by molar-refractivity contribution is -0.327. The van der Waals surface area contributed by atoms with Crippen LogP contribution in [0.5, 0.6) is 28.7 Å². The van der Waals surface area contributed by atoms with Crippen molar-refractivity contribution >= 4 is 5.78 Å². The van der Waals surface area contributed by atoms with Gasteiger partial charge in [0.15, 0.2) is 35.1 Å². The van der Waals surface area contributed by atoms with Crippen LogP contribution in [0.3, 0.4) is 0 Å². The number of ether oxygens (including phenoxy) is 4. The number of fused-ring (bicyclic) bond motifs is 1. The van der Waals surface area contributed by atoms with Gasteiger partial charge in [-0.2, -0.15) is 0 Å². The third-order valence-corrected chi connectivity index (χ3v) is 5.40. The van der Waals surface area contributed by atoms with Gasteiger partial charge in [0, 0.05) is 7.11 Å². The molecule has 172 valence electrons. The molecule has 32 heavy (non-hydrogen) atoms. The van der Waals surface area contributed by atoms with Crippen LogP contribution in [0.1, 0.15) is 28.4 Å². The number of rotatable bonds is 4. The average molecular weight is 450 g/mol. The standard InChI is InChI=1S/C21H22O11/c1-29-20-17(27)16(26)18(28)21(32-20)31-13-5-3-9-11(23)7-14(30-19(9)15(13)25)8-2-4-10(22)12(24)6-8/h2-6,14,16-18,20-22,24-28H,7H2,1H3/t14-,16-,17-,18+,20-,21+/m0/s1. The molecule has 2 aliphatic heterocycles. The Kier molecular flexibility index (Phi) is 5.84. The maximum atomic E-state index is 12.6. The second-order valence-electron chi connectivity index (χ2n) is 7.47. The fourth-order valence-electron chi connectivity index (χ4n) is 3.61. The zero-order valence-corrected chi connectivity index (χ0v) is 16.8. The van der Waals surface area contributed by atoms with Crippen LogP contribution >= 0.6 is 0 Å². The summed E-state index contributed by atoms with van der Waals surface area (Å²) in [5.74, 6) is -1.99. The van der Waals surface area contributed by atoms with Crippen molar-refractivity contribution in [3.63, 3.8) is 0 Å². The van der Waals surface area contributed by atoms with Crippen molar-refractivity contribution in [1.82, 2.24) is 0 Å². The summed E-state index contributed by atoms with van der Waals surface area (Å²) in [5, 5.41) is 59.9. The van der Waals surface area contributed by atoms with Crippen molar-refractivity contribution < 1.29 is 54.4 Å². The monoisotopic (exact) mass is 450 g/mol. The van der Waals surface area contributed by atoms with E-state index in [1.807, 2.05) is 0 Å². The molecular weight excluding hydrogens is 428 g/mol. The van der Waals surface area contributed by atoms with Crippen LogP contribution in [0.25, 0.3) is 0 Å². The summed E-state index contributed by atoms with van der Waals surface area (Å²) in [5.41, 5.74) is 0.501. The van der Waals surface area contributed by atoms with E-state index in [0.717, 1.165) is 0 Å². The molecule has 1 fully saturated rings. The Morgan fingerprint density at radius 1 is 0.938 bits per heavy atom. The Morgan fingerprint density at radius 3 is 2.34 bits per heavy atom. The van der Waals surface area contributed by atoms with Crippen molar-refractivity contribution in [3.05, 3.63) is 41.5 Å². The number of aliphatic hydroxyl groups excluding tert-OH is 3. The Bertz CT molecular complexity index is 1020. The van der Waals surface area contributed by atoms with Gasteiger partial charge in [0.25, 0.3) is 0 Å². The van der Waals surface area contributed by atoms with Gasteiger partial charge in [-0.3, -0.25) is 4.79 Å². The predicted octanol–water partition coefficient (Wildman–Crippen LogP) is 0.300.